The Bertz CT molecular complexity index is 539. The van der Waals surface area contributed by atoms with Crippen molar-refractivity contribution in [1.82, 2.24) is 9.62 Å². The van der Waals surface area contributed by atoms with Gasteiger partial charge in [-0.25, -0.2) is 17.1 Å². The second-order valence-corrected chi connectivity index (χ2v) is 7.45. The number of nitrogens with one attached hydrogen (secondary N) is 1. The molecule has 0 radical (unpaired) electrons. The van der Waals surface area contributed by atoms with Gasteiger partial charge in [0.25, 0.3) is 0 Å². The Labute approximate surface area is 126 Å². The zero-order valence-electron chi connectivity index (χ0n) is 12.4. The summed E-state index contributed by atoms with van der Waals surface area (Å²) in [4.78, 5) is 0. The van der Waals surface area contributed by atoms with E-state index in [0.29, 0.717) is 18.7 Å². The number of likely N-dealkylation sites (N-methyl/N-ethyl adjacent to an activating group) is 1. The van der Waals surface area contributed by atoms with Crippen LogP contribution in [0.15, 0.2) is 24.3 Å². The van der Waals surface area contributed by atoms with Crippen LogP contribution in [0.5, 0.6) is 0 Å². The predicted molar refractivity (Wildman–Crippen MR) is 81.9 cm³/mol. The molecule has 4 nitrogen and oxygen atoms in total. The van der Waals surface area contributed by atoms with E-state index in [4.69, 9.17) is 0 Å². The number of nitrogens with zero attached hydrogens (tertiary/aromatic N) is 1. The van der Waals surface area contributed by atoms with Gasteiger partial charge < -0.3 is 5.32 Å². The van der Waals surface area contributed by atoms with Crippen molar-refractivity contribution in [3.8, 4) is 0 Å². The van der Waals surface area contributed by atoms with Crippen LogP contribution in [0.25, 0.3) is 0 Å². The Kier molecular flexibility index (Phi) is 5.72. The average Bonchev–Trinajstić information content (AvgIpc) is 2.48. The number of rotatable bonds is 6. The predicted octanol–water partition coefficient (Wildman–Crippen LogP) is 2.12. The van der Waals surface area contributed by atoms with Gasteiger partial charge in [0.15, 0.2) is 0 Å². The van der Waals surface area contributed by atoms with Crippen molar-refractivity contribution in [2.24, 2.45) is 0 Å². The topological polar surface area (TPSA) is 49.4 Å². The van der Waals surface area contributed by atoms with E-state index in [1.807, 2.05) is 6.92 Å². The molecule has 1 heterocycles. The molecule has 1 N–H and O–H groups in total. The minimum absolute atomic E-state index is 0.0756. The fourth-order valence-electron chi connectivity index (χ4n) is 2.65. The van der Waals surface area contributed by atoms with Crippen molar-refractivity contribution in [1.29, 1.82) is 0 Å². The minimum Gasteiger partial charge on any atom is -0.313 e. The van der Waals surface area contributed by atoms with Gasteiger partial charge in [-0.15, -0.1) is 0 Å². The summed E-state index contributed by atoms with van der Waals surface area (Å²) in [7, 11) is -3.37. The largest absolute Gasteiger partial charge is 0.313 e. The molecule has 6 heteroatoms. The highest BCUT2D eigenvalue weighted by Gasteiger charge is 2.25. The van der Waals surface area contributed by atoms with Crippen LogP contribution >= 0.6 is 0 Å². The summed E-state index contributed by atoms with van der Waals surface area (Å²) in [5.74, 6) is -0.427. The third kappa shape index (κ3) is 4.76. The molecule has 0 bridgehead atoms. The molecule has 1 aliphatic heterocycles. The lowest BCUT2D eigenvalue weighted by Gasteiger charge is -2.29. The maximum atomic E-state index is 12.9. The molecule has 0 amide bonds. The first-order valence-electron chi connectivity index (χ1n) is 7.47. The number of halogens is 1. The van der Waals surface area contributed by atoms with E-state index in [2.05, 4.69) is 5.32 Å². The van der Waals surface area contributed by atoms with Crippen LogP contribution in [0.3, 0.4) is 0 Å². The molecule has 0 aromatic heterocycles. The van der Waals surface area contributed by atoms with Crippen LogP contribution in [0, 0.1) is 5.82 Å². The first kappa shape index (κ1) is 16.4. The van der Waals surface area contributed by atoms with Gasteiger partial charge in [0.1, 0.15) is 5.82 Å². The number of hydrogen-bond donors (Lipinski definition) is 1. The second-order valence-electron chi connectivity index (χ2n) is 5.48. The van der Waals surface area contributed by atoms with E-state index in [9.17, 15) is 12.8 Å². The lowest BCUT2D eigenvalue weighted by atomic mass is 10.1. The van der Waals surface area contributed by atoms with Gasteiger partial charge in [-0.1, -0.05) is 25.5 Å². The molecule has 0 saturated carbocycles. The van der Waals surface area contributed by atoms with Gasteiger partial charge in [-0.05, 0) is 37.1 Å². The molecule has 1 aliphatic rings. The molecule has 1 atom stereocenters. The van der Waals surface area contributed by atoms with Crippen molar-refractivity contribution >= 4 is 10.0 Å². The third-order valence-corrected chi connectivity index (χ3v) is 5.74. The first-order chi connectivity index (χ1) is 10.0. The van der Waals surface area contributed by atoms with Crippen LogP contribution in [0.1, 0.15) is 31.7 Å². The normalized spacial score (nSPS) is 19.9. The quantitative estimate of drug-likeness (QED) is 0.875. The van der Waals surface area contributed by atoms with Gasteiger partial charge >= 0.3 is 0 Å². The Hall–Kier alpha value is -0.980. The van der Waals surface area contributed by atoms with Crippen LogP contribution in [-0.2, 0) is 15.8 Å². The summed E-state index contributed by atoms with van der Waals surface area (Å²) in [5, 5.41) is 3.37. The number of sulfonamides is 1. The van der Waals surface area contributed by atoms with Crippen molar-refractivity contribution < 1.29 is 12.8 Å². The number of benzene rings is 1. The van der Waals surface area contributed by atoms with Crippen molar-refractivity contribution in [3.63, 3.8) is 0 Å². The van der Waals surface area contributed by atoms with Gasteiger partial charge in [0.2, 0.25) is 10.0 Å². The summed E-state index contributed by atoms with van der Waals surface area (Å²) in [6.45, 7) is 3.78. The highest BCUT2D eigenvalue weighted by Crippen LogP contribution is 2.15. The van der Waals surface area contributed by atoms with E-state index < -0.39 is 10.0 Å². The van der Waals surface area contributed by atoms with E-state index >= 15 is 0 Å². The smallest absolute Gasteiger partial charge is 0.218 e. The van der Waals surface area contributed by atoms with E-state index in [0.717, 1.165) is 25.8 Å². The molecule has 1 aromatic carbocycles. The highest BCUT2D eigenvalue weighted by atomic mass is 32.2. The molecular formula is C15H23FN2O2S. The first-order valence-corrected chi connectivity index (χ1v) is 9.08. The SMILES string of the molecule is CCN(CC1CCCCN1)S(=O)(=O)Cc1ccc(F)cc1. The standard InChI is InChI=1S/C15H23FN2O2S/c1-2-18(11-15-5-3-4-10-17-15)21(19,20)12-13-6-8-14(16)9-7-13/h6-9,15,17H,2-5,10-12H2,1H3. The average molecular weight is 314 g/mol. The summed E-state index contributed by atoms with van der Waals surface area (Å²) in [6.07, 6.45) is 3.32. The fourth-order valence-corrected chi connectivity index (χ4v) is 4.24. The lowest BCUT2D eigenvalue weighted by molar-refractivity contribution is 0.319. The van der Waals surface area contributed by atoms with Crippen LogP contribution in [0.4, 0.5) is 4.39 Å². The Morgan fingerprint density at radius 2 is 2.00 bits per heavy atom. The van der Waals surface area contributed by atoms with Gasteiger partial charge in [0.05, 0.1) is 5.75 Å². The zero-order chi connectivity index (χ0) is 15.3. The maximum Gasteiger partial charge on any atom is 0.218 e. The van der Waals surface area contributed by atoms with E-state index in [-0.39, 0.29) is 17.6 Å². The lowest BCUT2D eigenvalue weighted by Crippen LogP contribution is -2.45. The monoisotopic (exact) mass is 314 g/mol. The molecular weight excluding hydrogens is 291 g/mol. The Balaban J connectivity index is 2.02. The van der Waals surface area contributed by atoms with E-state index in [1.54, 1.807) is 0 Å². The maximum absolute atomic E-state index is 12.9. The van der Waals surface area contributed by atoms with Gasteiger partial charge in [-0.3, -0.25) is 0 Å². The van der Waals surface area contributed by atoms with Gasteiger partial charge in [0, 0.05) is 19.1 Å². The molecule has 1 saturated heterocycles. The Morgan fingerprint density at radius 1 is 1.29 bits per heavy atom. The summed E-state index contributed by atoms with van der Waals surface area (Å²) < 4.78 is 39.4. The summed E-state index contributed by atoms with van der Waals surface area (Å²) >= 11 is 0. The number of piperidine rings is 1. The zero-order valence-corrected chi connectivity index (χ0v) is 13.2. The summed E-state index contributed by atoms with van der Waals surface area (Å²) in [5.41, 5.74) is 0.617. The third-order valence-electron chi connectivity index (χ3n) is 3.84. The molecule has 0 aliphatic carbocycles. The molecule has 1 fully saturated rings. The second kappa shape index (κ2) is 7.33. The van der Waals surface area contributed by atoms with Crippen molar-refractivity contribution in [2.45, 2.75) is 38.0 Å². The molecule has 1 aromatic rings. The van der Waals surface area contributed by atoms with Crippen molar-refractivity contribution in [2.75, 3.05) is 19.6 Å². The van der Waals surface area contributed by atoms with Gasteiger partial charge in [-0.2, -0.15) is 0 Å². The van der Waals surface area contributed by atoms with Crippen LogP contribution < -0.4 is 5.32 Å². The molecule has 1 unspecified atom stereocenters. The molecule has 118 valence electrons. The molecule has 21 heavy (non-hydrogen) atoms. The Morgan fingerprint density at radius 3 is 2.57 bits per heavy atom. The molecule has 2 rings (SSSR count). The van der Waals surface area contributed by atoms with Crippen LogP contribution in [-0.4, -0.2) is 38.4 Å². The molecule has 0 spiro atoms. The van der Waals surface area contributed by atoms with Crippen LogP contribution in [0.2, 0.25) is 0 Å². The minimum atomic E-state index is -3.37. The van der Waals surface area contributed by atoms with E-state index in [1.165, 1.54) is 28.6 Å². The summed E-state index contributed by atoms with van der Waals surface area (Å²) in [6, 6.07) is 5.88. The van der Waals surface area contributed by atoms with Crippen molar-refractivity contribution in [3.05, 3.63) is 35.6 Å². The fraction of sp³-hybridized carbons (Fsp3) is 0.600. The number of hydrogen-bond acceptors (Lipinski definition) is 3. The highest BCUT2D eigenvalue weighted by molar-refractivity contribution is 7.88.